The van der Waals surface area contributed by atoms with Gasteiger partial charge in [0, 0.05) is 0 Å². The van der Waals surface area contributed by atoms with Crippen LogP contribution in [-0.4, -0.2) is 0 Å². The van der Waals surface area contributed by atoms with Crippen molar-refractivity contribution in [3.8, 4) is 23.5 Å². The summed E-state index contributed by atoms with van der Waals surface area (Å²) in [4.78, 5) is 0. The summed E-state index contributed by atoms with van der Waals surface area (Å²) in [6.45, 7) is 0. The average Bonchev–Trinajstić information content (AvgIpc) is 2.39. The molecule has 0 aromatic carbocycles. The van der Waals surface area contributed by atoms with Gasteiger partial charge in [-0.1, -0.05) is 0 Å². The molecule has 4 heteroatoms. The molecule has 0 aliphatic heterocycles. The Morgan fingerprint density at radius 1 is 0.688 bits per heavy atom. The summed E-state index contributed by atoms with van der Waals surface area (Å²) in [6.07, 6.45) is 10.8. The molecule has 0 fully saturated rings. The van der Waals surface area contributed by atoms with Gasteiger partial charge in [-0.25, -0.2) is 0 Å². The van der Waals surface area contributed by atoms with Crippen LogP contribution in [0.15, 0.2) is 49.1 Å². The molecule has 74 valence electrons. The lowest BCUT2D eigenvalue weighted by molar-refractivity contribution is -0.586. The molecule has 2 heterocycles. The van der Waals surface area contributed by atoms with E-state index in [1.807, 2.05) is 36.7 Å². The van der Waals surface area contributed by atoms with E-state index in [1.54, 1.807) is 24.8 Å². The second-order valence-corrected chi connectivity index (χ2v) is 3.19. The molecule has 4 nitrogen and oxygen atoms in total. The molecule has 0 aliphatic carbocycles. The van der Waals surface area contributed by atoms with Gasteiger partial charge in [-0.3, -0.25) is 0 Å². The fourth-order valence-electron chi connectivity index (χ4n) is 1.37. The number of rotatable bonds is 1. The van der Waals surface area contributed by atoms with Crippen LogP contribution >= 0.6 is 0 Å². The van der Waals surface area contributed by atoms with Gasteiger partial charge in [0.2, 0.25) is 0 Å². The van der Waals surface area contributed by atoms with Crippen LogP contribution in [0.4, 0.5) is 0 Å². The third-order valence-corrected chi connectivity index (χ3v) is 2.22. The summed E-state index contributed by atoms with van der Waals surface area (Å²) in [7, 11) is 0. The Balaban J connectivity index is 2.36. The molecule has 0 atom stereocenters. The smallest absolute Gasteiger partial charge is 0.149 e. The lowest BCUT2D eigenvalue weighted by atomic mass is 10.1. The number of nitriles is 2. The summed E-state index contributed by atoms with van der Waals surface area (Å²) >= 11 is 0. The number of hydrogen-bond donors (Lipinski definition) is 0. The standard InChI is InChI=1S/C12H8N4/c13-9-15-5-1-11(2-6-15)12-3-7-16(10-14)8-4-12/h1-8H/q+2. The van der Waals surface area contributed by atoms with Crippen molar-refractivity contribution in [2.24, 2.45) is 0 Å². The molecule has 2 aromatic heterocycles. The maximum Gasteiger partial charge on any atom is 0.463 e. The third-order valence-electron chi connectivity index (χ3n) is 2.22. The van der Waals surface area contributed by atoms with E-state index < -0.39 is 0 Å². The molecule has 2 rings (SSSR count). The first-order chi connectivity index (χ1) is 7.83. The van der Waals surface area contributed by atoms with Gasteiger partial charge in [0.1, 0.15) is 24.8 Å². The van der Waals surface area contributed by atoms with Crippen molar-refractivity contribution in [1.82, 2.24) is 0 Å². The number of pyridine rings is 2. The van der Waals surface area contributed by atoms with Crippen LogP contribution in [0.3, 0.4) is 0 Å². The predicted octanol–water partition coefficient (Wildman–Crippen LogP) is 0.587. The molecule has 0 unspecified atom stereocenters. The third kappa shape index (κ3) is 1.87. The normalized spacial score (nSPS) is 9.12. The summed E-state index contributed by atoms with van der Waals surface area (Å²) < 4.78 is 2.84. The minimum absolute atomic E-state index is 1.01. The van der Waals surface area contributed by atoms with E-state index in [-0.39, 0.29) is 0 Å². The van der Waals surface area contributed by atoms with Gasteiger partial charge in [-0.15, -0.1) is 9.13 Å². The quantitative estimate of drug-likeness (QED) is 0.644. The zero-order valence-electron chi connectivity index (χ0n) is 8.41. The molecule has 0 aliphatic rings. The van der Waals surface area contributed by atoms with Crippen LogP contribution < -0.4 is 9.13 Å². The minimum Gasteiger partial charge on any atom is -0.149 e. The van der Waals surface area contributed by atoms with E-state index in [9.17, 15) is 0 Å². The summed E-state index contributed by atoms with van der Waals surface area (Å²) in [5, 5.41) is 17.3. The van der Waals surface area contributed by atoms with Crippen molar-refractivity contribution in [2.75, 3.05) is 0 Å². The van der Waals surface area contributed by atoms with Crippen LogP contribution in [0.5, 0.6) is 0 Å². The number of aromatic nitrogens is 2. The van der Waals surface area contributed by atoms with Crippen molar-refractivity contribution >= 4 is 0 Å². The summed E-state index contributed by atoms with van der Waals surface area (Å²) in [6, 6.07) is 7.43. The van der Waals surface area contributed by atoms with E-state index in [4.69, 9.17) is 10.5 Å². The SMILES string of the molecule is N#C[n+]1ccc(-c2cc[n+](C#N)cc2)cc1. The average molecular weight is 208 g/mol. The highest BCUT2D eigenvalue weighted by molar-refractivity contribution is 5.60. The number of nitrogens with zero attached hydrogens (tertiary/aromatic N) is 4. The van der Waals surface area contributed by atoms with E-state index in [0.717, 1.165) is 11.1 Å². The van der Waals surface area contributed by atoms with Crippen LogP contribution in [0.25, 0.3) is 11.1 Å². The zero-order chi connectivity index (χ0) is 11.4. The lowest BCUT2D eigenvalue weighted by Crippen LogP contribution is -2.26. The van der Waals surface area contributed by atoms with E-state index in [0.29, 0.717) is 0 Å². The highest BCUT2D eigenvalue weighted by atomic mass is 14.9. The van der Waals surface area contributed by atoms with E-state index in [2.05, 4.69) is 0 Å². The monoisotopic (exact) mass is 208 g/mol. The highest BCUT2D eigenvalue weighted by Crippen LogP contribution is 2.15. The maximum atomic E-state index is 8.64. The Morgan fingerprint density at radius 3 is 1.25 bits per heavy atom. The molecular formula is C12H8N4+2. The highest BCUT2D eigenvalue weighted by Gasteiger charge is 2.01. The van der Waals surface area contributed by atoms with Gasteiger partial charge in [0.25, 0.3) is 0 Å². The topological polar surface area (TPSA) is 55.3 Å². The van der Waals surface area contributed by atoms with Crippen LogP contribution in [-0.2, 0) is 0 Å². The first-order valence-corrected chi connectivity index (χ1v) is 4.67. The molecule has 0 N–H and O–H groups in total. The molecule has 0 radical (unpaired) electrons. The zero-order valence-corrected chi connectivity index (χ0v) is 8.41. The first kappa shape index (κ1) is 9.82. The lowest BCUT2D eigenvalue weighted by Gasteiger charge is -1.98. The molecule has 16 heavy (non-hydrogen) atoms. The van der Waals surface area contributed by atoms with Crippen LogP contribution in [0.1, 0.15) is 0 Å². The van der Waals surface area contributed by atoms with Crippen molar-refractivity contribution < 1.29 is 9.13 Å². The van der Waals surface area contributed by atoms with E-state index >= 15 is 0 Å². The molecular weight excluding hydrogens is 200 g/mol. The van der Waals surface area contributed by atoms with Gasteiger partial charge in [-0.05, 0) is 35.4 Å². The maximum absolute atomic E-state index is 8.64. The Bertz CT molecular complexity index is 515. The number of hydrogen-bond acceptors (Lipinski definition) is 2. The van der Waals surface area contributed by atoms with Crippen molar-refractivity contribution in [3.05, 3.63) is 49.1 Å². The minimum atomic E-state index is 1.01. The van der Waals surface area contributed by atoms with Gasteiger partial charge in [0.15, 0.2) is 10.5 Å². The van der Waals surface area contributed by atoms with Crippen molar-refractivity contribution in [1.29, 1.82) is 10.5 Å². The first-order valence-electron chi connectivity index (χ1n) is 4.67. The molecule has 0 spiro atoms. The second-order valence-electron chi connectivity index (χ2n) is 3.19. The van der Waals surface area contributed by atoms with E-state index in [1.165, 1.54) is 9.13 Å². The Morgan fingerprint density at radius 2 is 1.00 bits per heavy atom. The Kier molecular flexibility index (Phi) is 2.58. The molecule has 0 bridgehead atoms. The van der Waals surface area contributed by atoms with Crippen LogP contribution in [0, 0.1) is 22.9 Å². The Labute approximate surface area is 92.9 Å². The molecule has 2 aromatic rings. The van der Waals surface area contributed by atoms with Crippen molar-refractivity contribution in [3.63, 3.8) is 0 Å². The predicted molar refractivity (Wildman–Crippen MR) is 54.3 cm³/mol. The van der Waals surface area contributed by atoms with Crippen LogP contribution in [0.2, 0.25) is 0 Å². The molecule has 0 saturated carbocycles. The van der Waals surface area contributed by atoms with Gasteiger partial charge in [-0.2, -0.15) is 0 Å². The molecule has 0 amide bonds. The van der Waals surface area contributed by atoms with Gasteiger partial charge in [0.05, 0.1) is 0 Å². The fraction of sp³-hybridized carbons (Fsp3) is 0. The fourth-order valence-corrected chi connectivity index (χ4v) is 1.37. The largest absolute Gasteiger partial charge is 0.463 e. The van der Waals surface area contributed by atoms with Gasteiger partial charge < -0.3 is 0 Å². The molecule has 0 saturated heterocycles. The second kappa shape index (κ2) is 4.20. The summed E-state index contributed by atoms with van der Waals surface area (Å²) in [5.41, 5.74) is 2.02. The summed E-state index contributed by atoms with van der Waals surface area (Å²) in [5.74, 6) is 0. The van der Waals surface area contributed by atoms with Crippen molar-refractivity contribution in [2.45, 2.75) is 0 Å². The Hall–Kier alpha value is -2.72. The van der Waals surface area contributed by atoms with Gasteiger partial charge >= 0.3 is 12.4 Å².